The van der Waals surface area contributed by atoms with Gasteiger partial charge in [0.2, 0.25) is 0 Å². The third-order valence-electron chi connectivity index (χ3n) is 3.01. The molecule has 106 valence electrons. The summed E-state index contributed by atoms with van der Waals surface area (Å²) < 4.78 is 19.2. The first-order chi connectivity index (χ1) is 8.86. The van der Waals surface area contributed by atoms with Crippen molar-refractivity contribution >= 4 is 5.97 Å². The second-order valence-electron chi connectivity index (χ2n) is 4.81. The number of methoxy groups -OCH3 is 1. The van der Waals surface area contributed by atoms with E-state index in [0.29, 0.717) is 16.9 Å². The number of carboxylic acid groups (broad SMARTS) is 1. The second-order valence-corrected chi connectivity index (χ2v) is 4.81. The van der Waals surface area contributed by atoms with E-state index in [0.717, 1.165) is 0 Å². The van der Waals surface area contributed by atoms with Crippen LogP contribution in [0.4, 0.5) is 4.39 Å². The van der Waals surface area contributed by atoms with Crippen LogP contribution in [0.25, 0.3) is 0 Å². The number of ether oxygens (including phenoxy) is 1. The van der Waals surface area contributed by atoms with Gasteiger partial charge >= 0.3 is 5.97 Å². The lowest BCUT2D eigenvalue weighted by molar-refractivity contribution is -0.137. The number of hydrogen-bond acceptors (Lipinski definition) is 3. The van der Waals surface area contributed by atoms with E-state index < -0.39 is 12.0 Å². The van der Waals surface area contributed by atoms with Crippen molar-refractivity contribution in [2.75, 3.05) is 7.11 Å². The molecule has 0 radical (unpaired) electrons. The van der Waals surface area contributed by atoms with Gasteiger partial charge in [-0.1, -0.05) is 13.8 Å². The van der Waals surface area contributed by atoms with Crippen molar-refractivity contribution in [3.8, 4) is 5.75 Å². The Bertz CT molecular complexity index is 460. The molecule has 0 aliphatic rings. The van der Waals surface area contributed by atoms with Crippen molar-refractivity contribution in [3.05, 3.63) is 29.1 Å². The normalized spacial score (nSPS) is 12.5. The predicted octanol–water partition coefficient (Wildman–Crippen LogP) is 2.82. The van der Waals surface area contributed by atoms with Crippen molar-refractivity contribution in [1.29, 1.82) is 0 Å². The molecule has 4 nitrogen and oxygen atoms in total. The summed E-state index contributed by atoms with van der Waals surface area (Å²) in [7, 11) is 1.48. The fourth-order valence-electron chi connectivity index (χ4n) is 2.00. The van der Waals surface area contributed by atoms with Crippen LogP contribution in [0, 0.1) is 5.82 Å². The summed E-state index contributed by atoms with van der Waals surface area (Å²) in [5, 5.41) is 8.63. The molecule has 0 fully saturated rings. The standard InChI is InChI=1S/C14H20FNO3/c1-8(2)14-10(15)6-9(7-12(14)19-3)11(16)4-5-13(17)18/h6-8,11H,4-5,16H2,1-3H3,(H,17,18). The van der Waals surface area contributed by atoms with Crippen molar-refractivity contribution in [2.24, 2.45) is 5.73 Å². The Hall–Kier alpha value is -1.62. The zero-order chi connectivity index (χ0) is 14.6. The van der Waals surface area contributed by atoms with Gasteiger partial charge in [-0.2, -0.15) is 0 Å². The maximum Gasteiger partial charge on any atom is 0.303 e. The average Bonchev–Trinajstić information content (AvgIpc) is 2.34. The predicted molar refractivity (Wildman–Crippen MR) is 70.8 cm³/mol. The third-order valence-corrected chi connectivity index (χ3v) is 3.01. The zero-order valence-corrected chi connectivity index (χ0v) is 11.4. The van der Waals surface area contributed by atoms with E-state index in [4.69, 9.17) is 15.6 Å². The SMILES string of the molecule is COc1cc(C(N)CCC(=O)O)cc(F)c1C(C)C. The van der Waals surface area contributed by atoms with E-state index in [1.807, 2.05) is 13.8 Å². The number of nitrogens with two attached hydrogens (primary N) is 1. The highest BCUT2D eigenvalue weighted by Gasteiger charge is 2.18. The van der Waals surface area contributed by atoms with E-state index in [2.05, 4.69) is 0 Å². The second kappa shape index (κ2) is 6.52. The van der Waals surface area contributed by atoms with E-state index in [1.165, 1.54) is 13.2 Å². The summed E-state index contributed by atoms with van der Waals surface area (Å²) in [5.74, 6) is -0.827. The number of halogens is 1. The van der Waals surface area contributed by atoms with Gasteiger partial charge in [-0.25, -0.2) is 4.39 Å². The maximum absolute atomic E-state index is 14.1. The van der Waals surface area contributed by atoms with Gasteiger partial charge in [0.25, 0.3) is 0 Å². The monoisotopic (exact) mass is 269 g/mol. The minimum Gasteiger partial charge on any atom is -0.496 e. The van der Waals surface area contributed by atoms with Crippen LogP contribution >= 0.6 is 0 Å². The highest BCUT2D eigenvalue weighted by atomic mass is 19.1. The maximum atomic E-state index is 14.1. The number of rotatable bonds is 6. The molecule has 0 amide bonds. The van der Waals surface area contributed by atoms with Crippen LogP contribution in [-0.2, 0) is 4.79 Å². The molecule has 0 saturated heterocycles. The van der Waals surface area contributed by atoms with E-state index in [1.54, 1.807) is 6.07 Å². The molecule has 0 aliphatic heterocycles. The van der Waals surface area contributed by atoms with Gasteiger partial charge in [0.1, 0.15) is 11.6 Å². The quantitative estimate of drug-likeness (QED) is 0.833. The molecule has 0 aliphatic carbocycles. The molecule has 5 heteroatoms. The summed E-state index contributed by atoms with van der Waals surface area (Å²) in [6.45, 7) is 3.76. The minimum atomic E-state index is -0.915. The fraction of sp³-hybridized carbons (Fsp3) is 0.500. The molecule has 1 aromatic rings. The molecule has 1 aromatic carbocycles. The molecule has 0 aromatic heterocycles. The van der Waals surface area contributed by atoms with Crippen LogP contribution in [0.2, 0.25) is 0 Å². The highest BCUT2D eigenvalue weighted by Crippen LogP contribution is 2.32. The molecule has 0 heterocycles. The van der Waals surface area contributed by atoms with Crippen molar-refractivity contribution < 1.29 is 19.0 Å². The Morgan fingerprint density at radius 2 is 2.11 bits per heavy atom. The van der Waals surface area contributed by atoms with Crippen LogP contribution in [0.3, 0.4) is 0 Å². The van der Waals surface area contributed by atoms with Crippen LogP contribution in [0.15, 0.2) is 12.1 Å². The van der Waals surface area contributed by atoms with E-state index in [9.17, 15) is 9.18 Å². The minimum absolute atomic E-state index is 0.000700. The van der Waals surface area contributed by atoms with Gasteiger partial charge in [-0.3, -0.25) is 4.79 Å². The lowest BCUT2D eigenvalue weighted by Gasteiger charge is -2.17. The number of carboxylic acids is 1. The van der Waals surface area contributed by atoms with Gasteiger partial charge in [0.15, 0.2) is 0 Å². The summed E-state index contributed by atoms with van der Waals surface area (Å²) in [6.07, 6.45) is 0.218. The topological polar surface area (TPSA) is 72.5 Å². The van der Waals surface area contributed by atoms with Gasteiger partial charge < -0.3 is 15.6 Å². The molecule has 19 heavy (non-hydrogen) atoms. The molecule has 1 atom stereocenters. The number of carbonyl (C=O) groups is 1. The first-order valence-corrected chi connectivity index (χ1v) is 6.21. The fourth-order valence-corrected chi connectivity index (χ4v) is 2.00. The van der Waals surface area contributed by atoms with Crippen LogP contribution in [0.5, 0.6) is 5.75 Å². The zero-order valence-electron chi connectivity index (χ0n) is 11.4. The van der Waals surface area contributed by atoms with Gasteiger partial charge in [-0.05, 0) is 30.0 Å². The molecule has 0 saturated carbocycles. The Morgan fingerprint density at radius 1 is 1.47 bits per heavy atom. The molecule has 1 rings (SSSR count). The number of benzene rings is 1. The molecule has 1 unspecified atom stereocenters. The third kappa shape index (κ3) is 3.92. The molecule has 0 spiro atoms. The number of aliphatic carboxylic acids is 1. The van der Waals surface area contributed by atoms with Crippen LogP contribution < -0.4 is 10.5 Å². The molecular formula is C14H20FNO3. The summed E-state index contributed by atoms with van der Waals surface area (Å²) in [4.78, 5) is 10.5. The van der Waals surface area contributed by atoms with Gasteiger partial charge in [0.05, 0.1) is 7.11 Å². The molecule has 3 N–H and O–H groups in total. The Balaban J connectivity index is 3.04. The van der Waals surface area contributed by atoms with Gasteiger partial charge in [0, 0.05) is 18.0 Å². The summed E-state index contributed by atoms with van der Waals surface area (Å²) >= 11 is 0. The van der Waals surface area contributed by atoms with E-state index >= 15 is 0 Å². The first kappa shape index (κ1) is 15.4. The highest BCUT2D eigenvalue weighted by molar-refractivity contribution is 5.66. The van der Waals surface area contributed by atoms with Gasteiger partial charge in [-0.15, -0.1) is 0 Å². The molecular weight excluding hydrogens is 249 g/mol. The Labute approximate surface area is 112 Å². The van der Waals surface area contributed by atoms with Crippen molar-refractivity contribution in [3.63, 3.8) is 0 Å². The lowest BCUT2D eigenvalue weighted by Crippen LogP contribution is -2.13. The Morgan fingerprint density at radius 3 is 2.58 bits per heavy atom. The Kier molecular flexibility index (Phi) is 5.30. The van der Waals surface area contributed by atoms with Crippen molar-refractivity contribution in [1.82, 2.24) is 0 Å². The lowest BCUT2D eigenvalue weighted by atomic mass is 9.95. The van der Waals surface area contributed by atoms with Crippen molar-refractivity contribution in [2.45, 2.75) is 38.6 Å². The van der Waals surface area contributed by atoms with Crippen LogP contribution in [0.1, 0.15) is 49.8 Å². The van der Waals surface area contributed by atoms with Crippen LogP contribution in [-0.4, -0.2) is 18.2 Å². The largest absolute Gasteiger partial charge is 0.496 e. The first-order valence-electron chi connectivity index (χ1n) is 6.21. The number of hydrogen-bond donors (Lipinski definition) is 2. The average molecular weight is 269 g/mol. The summed E-state index contributed by atoms with van der Waals surface area (Å²) in [6, 6.07) is 2.54. The summed E-state index contributed by atoms with van der Waals surface area (Å²) in [5.41, 5.74) is 6.94. The molecule has 0 bridgehead atoms. The van der Waals surface area contributed by atoms with E-state index in [-0.39, 0.29) is 24.6 Å². The smallest absolute Gasteiger partial charge is 0.303 e.